The third-order valence-corrected chi connectivity index (χ3v) is 5.63. The summed E-state index contributed by atoms with van der Waals surface area (Å²) < 4.78 is 0. The van der Waals surface area contributed by atoms with Gasteiger partial charge in [0.2, 0.25) is 0 Å². The topological polar surface area (TPSA) is 38.9 Å². The van der Waals surface area contributed by atoms with Gasteiger partial charge in [-0.3, -0.25) is 4.98 Å². The number of nitrogens with two attached hydrogens (primary N) is 1. The van der Waals surface area contributed by atoms with Crippen LogP contribution in [-0.4, -0.2) is 10.2 Å². The quantitative estimate of drug-likeness (QED) is 0.836. The fourth-order valence-corrected chi connectivity index (χ4v) is 4.55. The Kier molecular flexibility index (Phi) is 4.16. The van der Waals surface area contributed by atoms with E-state index in [-0.39, 0.29) is 0 Å². The molecule has 2 unspecified atom stereocenters. The second-order valence-corrected chi connectivity index (χ2v) is 7.21. The summed E-state index contributed by atoms with van der Waals surface area (Å²) in [6.07, 6.45) is 7.39. The Hall–Kier alpha value is -1.22. The summed E-state index contributed by atoms with van der Waals surface area (Å²) in [5, 5.41) is 1.90. The van der Waals surface area contributed by atoms with Crippen LogP contribution >= 0.6 is 11.8 Å². The van der Waals surface area contributed by atoms with Crippen LogP contribution in [0.1, 0.15) is 38.2 Å². The second kappa shape index (κ2) is 6.04. The lowest BCUT2D eigenvalue weighted by Gasteiger charge is -2.26. The largest absolute Gasteiger partial charge is 0.398 e. The van der Waals surface area contributed by atoms with E-state index in [0.29, 0.717) is 0 Å². The van der Waals surface area contributed by atoms with E-state index in [1.54, 1.807) is 0 Å². The first-order valence-electron chi connectivity index (χ1n) is 7.47. The number of fused-ring (bicyclic) bond motifs is 1. The van der Waals surface area contributed by atoms with E-state index in [2.05, 4.69) is 35.8 Å². The molecule has 106 valence electrons. The van der Waals surface area contributed by atoms with Gasteiger partial charge in [-0.2, -0.15) is 11.8 Å². The molecule has 0 saturated heterocycles. The Morgan fingerprint density at radius 2 is 2.20 bits per heavy atom. The molecule has 0 spiro atoms. The number of nitrogen functional groups attached to an aromatic ring is 1. The van der Waals surface area contributed by atoms with E-state index in [1.165, 1.54) is 31.2 Å². The van der Waals surface area contributed by atoms with Crippen molar-refractivity contribution < 1.29 is 0 Å². The number of nitrogens with zero attached hydrogens (tertiary/aromatic N) is 1. The van der Waals surface area contributed by atoms with Gasteiger partial charge >= 0.3 is 0 Å². The highest BCUT2D eigenvalue weighted by atomic mass is 32.2. The van der Waals surface area contributed by atoms with Gasteiger partial charge in [0.25, 0.3) is 0 Å². The van der Waals surface area contributed by atoms with Crippen molar-refractivity contribution in [2.45, 2.75) is 43.6 Å². The van der Waals surface area contributed by atoms with Crippen LogP contribution in [0.2, 0.25) is 0 Å². The molecule has 1 aliphatic rings. The lowest BCUT2D eigenvalue weighted by atomic mass is 9.91. The summed E-state index contributed by atoms with van der Waals surface area (Å²) in [5.74, 6) is 1.94. The maximum atomic E-state index is 6.04. The van der Waals surface area contributed by atoms with E-state index in [0.717, 1.165) is 33.5 Å². The number of hydrogen-bond donors (Lipinski definition) is 1. The number of aromatic nitrogens is 1. The number of benzene rings is 1. The SMILES string of the molecule is CC1CCCC(SCc2ccc(N)c3cccnc23)C1. The molecule has 2 N–H and O–H groups in total. The maximum Gasteiger partial charge on any atom is 0.0763 e. The van der Waals surface area contributed by atoms with E-state index in [9.17, 15) is 0 Å². The molecule has 1 fully saturated rings. The number of rotatable bonds is 3. The van der Waals surface area contributed by atoms with E-state index in [1.807, 2.05) is 18.3 Å². The summed E-state index contributed by atoms with van der Waals surface area (Å²) in [6.45, 7) is 2.38. The van der Waals surface area contributed by atoms with Gasteiger partial charge < -0.3 is 5.73 Å². The van der Waals surface area contributed by atoms with Crippen LogP contribution in [0, 0.1) is 5.92 Å². The Balaban J connectivity index is 1.76. The first-order valence-corrected chi connectivity index (χ1v) is 8.52. The van der Waals surface area contributed by atoms with E-state index >= 15 is 0 Å². The molecule has 0 bridgehead atoms. The van der Waals surface area contributed by atoms with Gasteiger partial charge in [0.05, 0.1) is 5.52 Å². The Morgan fingerprint density at radius 3 is 3.05 bits per heavy atom. The minimum atomic E-state index is 0.815. The summed E-state index contributed by atoms with van der Waals surface area (Å²) in [7, 11) is 0. The van der Waals surface area contributed by atoms with Gasteiger partial charge in [0.15, 0.2) is 0 Å². The molecule has 3 heteroatoms. The van der Waals surface area contributed by atoms with E-state index in [4.69, 9.17) is 5.73 Å². The molecule has 1 aromatic heterocycles. The summed E-state index contributed by atoms with van der Waals surface area (Å²) in [5.41, 5.74) is 9.25. The molecule has 0 radical (unpaired) electrons. The van der Waals surface area contributed by atoms with Crippen molar-refractivity contribution in [3.05, 3.63) is 36.0 Å². The summed E-state index contributed by atoms with van der Waals surface area (Å²) in [6, 6.07) is 8.18. The molecule has 3 rings (SSSR count). The molecule has 0 aliphatic heterocycles. The van der Waals surface area contributed by atoms with Crippen LogP contribution in [0.15, 0.2) is 30.5 Å². The Bertz CT molecular complexity index is 597. The van der Waals surface area contributed by atoms with Gasteiger partial charge in [-0.25, -0.2) is 0 Å². The van der Waals surface area contributed by atoms with Crippen LogP contribution in [-0.2, 0) is 5.75 Å². The molecule has 1 aromatic carbocycles. The number of anilines is 1. The van der Waals surface area contributed by atoms with E-state index < -0.39 is 0 Å². The van der Waals surface area contributed by atoms with Crippen molar-refractivity contribution in [2.24, 2.45) is 5.92 Å². The molecule has 1 heterocycles. The van der Waals surface area contributed by atoms with Crippen LogP contribution in [0.3, 0.4) is 0 Å². The normalized spacial score (nSPS) is 23.1. The van der Waals surface area contributed by atoms with Crippen molar-refractivity contribution in [2.75, 3.05) is 5.73 Å². The third kappa shape index (κ3) is 2.93. The Labute approximate surface area is 125 Å². The lowest BCUT2D eigenvalue weighted by molar-refractivity contribution is 0.394. The van der Waals surface area contributed by atoms with Crippen LogP contribution in [0.5, 0.6) is 0 Å². The molecule has 2 aromatic rings. The van der Waals surface area contributed by atoms with Crippen molar-refractivity contribution in [1.29, 1.82) is 0 Å². The first-order chi connectivity index (χ1) is 9.74. The zero-order valence-corrected chi connectivity index (χ0v) is 12.8. The average molecular weight is 286 g/mol. The fourth-order valence-electron chi connectivity index (χ4n) is 3.11. The van der Waals surface area contributed by atoms with Crippen molar-refractivity contribution in [3.63, 3.8) is 0 Å². The second-order valence-electron chi connectivity index (χ2n) is 5.92. The standard InChI is InChI=1S/C17H22N2S/c1-12-4-2-5-14(10-12)20-11-13-7-8-16(18)15-6-3-9-19-17(13)15/h3,6-9,12,14H,2,4-5,10-11,18H2,1H3. The summed E-state index contributed by atoms with van der Waals surface area (Å²) in [4.78, 5) is 4.53. The molecule has 20 heavy (non-hydrogen) atoms. The van der Waals surface area contributed by atoms with Crippen molar-refractivity contribution in [3.8, 4) is 0 Å². The fraction of sp³-hybridized carbons (Fsp3) is 0.471. The average Bonchev–Trinajstić information content (AvgIpc) is 2.47. The first kappa shape index (κ1) is 13.7. The molecule has 0 amide bonds. The van der Waals surface area contributed by atoms with Crippen molar-refractivity contribution >= 4 is 28.4 Å². The molecular formula is C17H22N2S. The molecule has 1 aliphatic carbocycles. The third-order valence-electron chi connectivity index (χ3n) is 4.25. The highest BCUT2D eigenvalue weighted by Gasteiger charge is 2.19. The Morgan fingerprint density at radius 1 is 1.30 bits per heavy atom. The minimum Gasteiger partial charge on any atom is -0.398 e. The van der Waals surface area contributed by atoms with Crippen molar-refractivity contribution in [1.82, 2.24) is 4.98 Å². The van der Waals surface area contributed by atoms with Crippen LogP contribution in [0.25, 0.3) is 10.9 Å². The number of pyridine rings is 1. The number of thioether (sulfide) groups is 1. The van der Waals surface area contributed by atoms with Gasteiger partial charge in [-0.05, 0) is 42.5 Å². The smallest absolute Gasteiger partial charge is 0.0763 e. The van der Waals surface area contributed by atoms with Crippen LogP contribution < -0.4 is 5.73 Å². The van der Waals surface area contributed by atoms with Gasteiger partial charge in [0.1, 0.15) is 0 Å². The molecule has 2 atom stereocenters. The zero-order valence-electron chi connectivity index (χ0n) is 12.0. The highest BCUT2D eigenvalue weighted by Crippen LogP contribution is 2.35. The highest BCUT2D eigenvalue weighted by molar-refractivity contribution is 7.99. The molecule has 2 nitrogen and oxygen atoms in total. The van der Waals surface area contributed by atoms with Crippen LogP contribution in [0.4, 0.5) is 5.69 Å². The predicted octanol–water partition coefficient (Wildman–Crippen LogP) is 4.63. The molecular weight excluding hydrogens is 264 g/mol. The summed E-state index contributed by atoms with van der Waals surface area (Å²) >= 11 is 2.09. The molecule has 1 saturated carbocycles. The van der Waals surface area contributed by atoms with Gasteiger partial charge in [-0.1, -0.05) is 25.8 Å². The minimum absolute atomic E-state index is 0.815. The maximum absolute atomic E-state index is 6.04. The number of hydrogen-bond acceptors (Lipinski definition) is 3. The lowest BCUT2D eigenvalue weighted by Crippen LogP contribution is -2.15. The van der Waals surface area contributed by atoms with Gasteiger partial charge in [0, 0.05) is 28.3 Å². The predicted molar refractivity (Wildman–Crippen MR) is 88.9 cm³/mol. The monoisotopic (exact) mass is 286 g/mol. The van der Waals surface area contributed by atoms with Gasteiger partial charge in [-0.15, -0.1) is 0 Å². The zero-order chi connectivity index (χ0) is 13.9.